The van der Waals surface area contributed by atoms with E-state index >= 15 is 0 Å². The van der Waals surface area contributed by atoms with Gasteiger partial charge in [-0.2, -0.15) is 0 Å². The van der Waals surface area contributed by atoms with Crippen molar-refractivity contribution in [1.82, 2.24) is 20.0 Å². The van der Waals surface area contributed by atoms with Crippen molar-refractivity contribution >= 4 is 47.8 Å². The predicted molar refractivity (Wildman–Crippen MR) is 229 cm³/mol. The summed E-state index contributed by atoms with van der Waals surface area (Å²) in [5.74, 6) is -1.46. The van der Waals surface area contributed by atoms with Crippen LogP contribution in [0.15, 0.2) is 84.9 Å². The fourth-order valence-corrected chi connectivity index (χ4v) is 11.2. The lowest BCUT2D eigenvalue weighted by molar-refractivity contribution is -0.137. The Morgan fingerprint density at radius 2 is 1.38 bits per heavy atom. The molecule has 13 heteroatoms. The van der Waals surface area contributed by atoms with Crippen molar-refractivity contribution in [3.05, 3.63) is 129 Å². The Kier molecular flexibility index (Phi) is 10.2. The van der Waals surface area contributed by atoms with E-state index in [4.69, 9.17) is 0 Å². The van der Waals surface area contributed by atoms with Crippen LogP contribution in [0.25, 0.3) is 0 Å². The van der Waals surface area contributed by atoms with Crippen LogP contribution in [0.2, 0.25) is 0 Å². The summed E-state index contributed by atoms with van der Waals surface area (Å²) in [4.78, 5) is 72.0. The van der Waals surface area contributed by atoms with Gasteiger partial charge in [-0.15, -0.1) is 0 Å². The number of amides is 5. The minimum atomic E-state index is -1.48. The molecule has 1 aliphatic carbocycles. The second-order valence-corrected chi connectivity index (χ2v) is 18.1. The van der Waals surface area contributed by atoms with Gasteiger partial charge in [0.15, 0.2) is 0 Å². The van der Waals surface area contributed by atoms with Crippen LogP contribution in [0.1, 0.15) is 111 Å². The zero-order chi connectivity index (χ0) is 42.0. The highest BCUT2D eigenvalue weighted by Crippen LogP contribution is 2.47. The maximum Gasteiger partial charge on any atom is 0.488 e. The summed E-state index contributed by atoms with van der Waals surface area (Å²) in [5, 5.41) is 22.0. The summed E-state index contributed by atoms with van der Waals surface area (Å²) in [5.41, 5.74) is 9.40. The van der Waals surface area contributed by atoms with Gasteiger partial charge in [-0.1, -0.05) is 60.7 Å². The van der Waals surface area contributed by atoms with Crippen molar-refractivity contribution < 1.29 is 34.0 Å². The number of nitrogens with zero attached hydrogens (tertiary/aromatic N) is 4. The van der Waals surface area contributed by atoms with Crippen LogP contribution in [-0.4, -0.2) is 100 Å². The Balaban J connectivity index is 0.736. The molecule has 0 saturated carbocycles. The Morgan fingerprint density at radius 3 is 2.02 bits per heavy atom. The normalized spacial score (nSPS) is 23.5. The quantitative estimate of drug-likeness (QED) is 0.187. The highest BCUT2D eigenvalue weighted by atomic mass is 16.4. The predicted octanol–water partition coefficient (Wildman–Crippen LogP) is 3.85. The standard InChI is InChI=1S/C48H50BN5O7/c55-42-15-14-41(45(57)50-42)54-46(58)39-25-33-27-51(28-34(33)26-40(39)47(54)59)29-43(56)53-22-18-48(19-23-53)16-20-52(21-17-48)36-10-6-31(7-11-36)44-37(30-4-2-1-3-5-30)12-8-32-24-35(49(60)61)9-13-38(32)44/h1-7,9-11,13,24-26,37,41,44,60-61H,8,12,14-23,27-29H2,(H,50,55,57)/t37-,41-,44+/m1/s1. The number of likely N-dealkylation sites (tertiary alicyclic amines) is 1. The lowest BCUT2D eigenvalue weighted by Crippen LogP contribution is -2.54. The Morgan fingerprint density at radius 1 is 0.721 bits per heavy atom. The van der Waals surface area contributed by atoms with Crippen LogP contribution in [0.4, 0.5) is 5.69 Å². The van der Waals surface area contributed by atoms with Gasteiger partial charge in [-0.3, -0.25) is 39.1 Å². The summed E-state index contributed by atoms with van der Waals surface area (Å²) in [7, 11) is -1.48. The molecular formula is C48H50BN5O7. The first-order valence-corrected chi connectivity index (χ1v) is 21.8. The molecule has 0 aromatic heterocycles. The molecule has 10 rings (SSSR count). The second kappa shape index (κ2) is 15.7. The third-order valence-electron chi connectivity index (χ3n) is 14.7. The van der Waals surface area contributed by atoms with Crippen LogP contribution in [0, 0.1) is 5.41 Å². The molecule has 5 heterocycles. The molecule has 1 spiro atoms. The Labute approximate surface area is 355 Å². The molecule has 0 unspecified atom stereocenters. The van der Waals surface area contributed by atoms with Gasteiger partial charge < -0.3 is 19.8 Å². The number of imide groups is 2. The van der Waals surface area contributed by atoms with Gasteiger partial charge in [-0.05, 0) is 119 Å². The number of anilines is 1. The molecule has 5 aliphatic heterocycles. The van der Waals surface area contributed by atoms with E-state index in [1.807, 2.05) is 17.0 Å². The number of carbonyl (C=O) groups is 5. The maximum atomic E-state index is 13.6. The van der Waals surface area contributed by atoms with Crippen molar-refractivity contribution in [3.8, 4) is 0 Å². The first-order valence-electron chi connectivity index (χ1n) is 21.8. The molecule has 312 valence electrons. The number of fused-ring (bicyclic) bond motifs is 3. The average Bonchev–Trinajstić information content (AvgIpc) is 3.78. The van der Waals surface area contributed by atoms with Crippen molar-refractivity contribution in [2.75, 3.05) is 37.6 Å². The molecular weight excluding hydrogens is 769 g/mol. The Bertz CT molecular complexity index is 2380. The van der Waals surface area contributed by atoms with E-state index in [1.54, 1.807) is 12.1 Å². The van der Waals surface area contributed by atoms with Crippen LogP contribution < -0.4 is 15.7 Å². The second-order valence-electron chi connectivity index (χ2n) is 18.1. The molecule has 5 amide bonds. The van der Waals surface area contributed by atoms with Gasteiger partial charge in [0.1, 0.15) is 6.04 Å². The van der Waals surface area contributed by atoms with Crippen LogP contribution >= 0.6 is 0 Å². The van der Waals surface area contributed by atoms with Crippen LogP contribution in [0.3, 0.4) is 0 Å². The number of aryl methyl sites for hydroxylation is 1. The van der Waals surface area contributed by atoms with E-state index in [-0.39, 0.29) is 47.8 Å². The first-order chi connectivity index (χ1) is 29.5. The number of nitrogens with one attached hydrogen (secondary N) is 1. The minimum Gasteiger partial charge on any atom is -0.423 e. The molecule has 4 aromatic rings. The van der Waals surface area contributed by atoms with Gasteiger partial charge in [0, 0.05) is 57.3 Å². The lowest BCUT2D eigenvalue weighted by Gasteiger charge is -2.47. The molecule has 3 atom stereocenters. The monoisotopic (exact) mass is 819 g/mol. The van der Waals surface area contributed by atoms with Gasteiger partial charge in [0.05, 0.1) is 17.7 Å². The van der Waals surface area contributed by atoms with Crippen LogP contribution in [-0.2, 0) is 33.9 Å². The van der Waals surface area contributed by atoms with E-state index in [2.05, 4.69) is 75.8 Å². The van der Waals surface area contributed by atoms with E-state index in [9.17, 15) is 34.0 Å². The fraction of sp³-hybridized carbons (Fsp3) is 0.396. The molecule has 0 radical (unpaired) electrons. The molecule has 3 N–H and O–H groups in total. The largest absolute Gasteiger partial charge is 0.488 e. The maximum absolute atomic E-state index is 13.6. The number of hydrogen-bond donors (Lipinski definition) is 3. The SMILES string of the molecule is O=C1CC[C@@H](N2C(=O)c3cc4c(cc3C2=O)CN(CC(=O)N2CCC3(CC2)CCN(c2ccc([C@@H]5c6ccc(B(O)O)cc6CC[C@@H]5c5ccccc5)cc2)CC3)C4)C(=O)N1. The molecule has 3 saturated heterocycles. The van der Waals surface area contributed by atoms with E-state index < -0.39 is 36.8 Å². The lowest BCUT2D eigenvalue weighted by atomic mass is 9.67. The summed E-state index contributed by atoms with van der Waals surface area (Å²) in [6.45, 7) is 4.71. The number of benzene rings is 4. The van der Waals surface area contributed by atoms with Crippen LogP contribution in [0.5, 0.6) is 0 Å². The van der Waals surface area contributed by atoms with Gasteiger partial charge >= 0.3 is 7.12 Å². The average molecular weight is 820 g/mol. The summed E-state index contributed by atoms with van der Waals surface area (Å²) in [6, 6.07) is 28.2. The number of rotatable bonds is 7. The Hall–Kier alpha value is -5.63. The summed E-state index contributed by atoms with van der Waals surface area (Å²) >= 11 is 0. The topological polar surface area (TPSA) is 151 Å². The zero-order valence-electron chi connectivity index (χ0n) is 34.2. The highest BCUT2D eigenvalue weighted by Gasteiger charge is 2.46. The third-order valence-corrected chi connectivity index (χ3v) is 14.7. The summed E-state index contributed by atoms with van der Waals surface area (Å²) < 4.78 is 0. The first kappa shape index (κ1) is 39.5. The zero-order valence-corrected chi connectivity index (χ0v) is 34.2. The fourth-order valence-electron chi connectivity index (χ4n) is 11.2. The molecule has 12 nitrogen and oxygen atoms in total. The van der Waals surface area contributed by atoms with Crippen molar-refractivity contribution in [2.45, 2.75) is 82.3 Å². The van der Waals surface area contributed by atoms with Crippen molar-refractivity contribution in [2.24, 2.45) is 5.41 Å². The van der Waals surface area contributed by atoms with E-state index in [0.717, 1.165) is 80.7 Å². The number of hydrogen-bond acceptors (Lipinski definition) is 9. The molecule has 61 heavy (non-hydrogen) atoms. The highest BCUT2D eigenvalue weighted by molar-refractivity contribution is 6.58. The van der Waals surface area contributed by atoms with E-state index in [0.29, 0.717) is 24.5 Å². The van der Waals surface area contributed by atoms with E-state index in [1.165, 1.54) is 27.9 Å². The molecule has 3 fully saturated rings. The smallest absolute Gasteiger partial charge is 0.423 e. The van der Waals surface area contributed by atoms with Gasteiger partial charge in [0.2, 0.25) is 17.7 Å². The minimum absolute atomic E-state index is 0.0765. The third kappa shape index (κ3) is 7.26. The molecule has 4 aromatic carbocycles. The molecule has 6 aliphatic rings. The van der Waals surface area contributed by atoms with Crippen molar-refractivity contribution in [3.63, 3.8) is 0 Å². The van der Waals surface area contributed by atoms with Gasteiger partial charge in [-0.25, -0.2) is 0 Å². The number of carbonyl (C=O) groups excluding carboxylic acids is 5. The number of piperidine rings is 3. The molecule has 0 bridgehead atoms. The van der Waals surface area contributed by atoms with Crippen molar-refractivity contribution in [1.29, 1.82) is 0 Å². The van der Waals surface area contributed by atoms with Gasteiger partial charge in [0.25, 0.3) is 11.8 Å². The summed E-state index contributed by atoms with van der Waals surface area (Å²) in [6.07, 6.45) is 6.24.